The third kappa shape index (κ3) is 15.4. The van der Waals surface area contributed by atoms with Crippen LogP contribution in [0.3, 0.4) is 0 Å². The van der Waals surface area contributed by atoms with Crippen molar-refractivity contribution in [3.8, 4) is 0 Å². The number of nitrogens with zero attached hydrogens (tertiary/aromatic N) is 2. The van der Waals surface area contributed by atoms with Crippen LogP contribution in [0.25, 0.3) is 0 Å². The van der Waals surface area contributed by atoms with Gasteiger partial charge < -0.3 is 15.1 Å². The lowest BCUT2D eigenvalue weighted by Crippen LogP contribution is -2.42. The molecule has 24 heavy (non-hydrogen) atoms. The first-order valence-electron chi connectivity index (χ1n) is 10.3. The lowest BCUT2D eigenvalue weighted by atomic mass is 10.1. The molecule has 2 N–H and O–H groups in total. The topological polar surface area (TPSA) is 46.9 Å². The predicted octanol–water partition coefficient (Wildman–Crippen LogP) is 3.51. The first kappa shape index (κ1) is 23.8. The molecule has 0 bridgehead atoms. The summed E-state index contributed by atoms with van der Waals surface area (Å²) in [5.41, 5.74) is 0. The fourth-order valence-corrected chi connectivity index (χ4v) is 3.15. The number of hydrogen-bond donors (Lipinski definition) is 2. The van der Waals surface area contributed by atoms with Crippen LogP contribution in [0.1, 0.15) is 79.1 Å². The van der Waals surface area contributed by atoms with Crippen LogP contribution in [-0.2, 0) is 0 Å². The van der Waals surface area contributed by atoms with E-state index in [1.165, 1.54) is 64.5 Å². The molecule has 0 spiro atoms. The van der Waals surface area contributed by atoms with Crippen molar-refractivity contribution in [1.29, 1.82) is 0 Å². The molecule has 0 aromatic carbocycles. The maximum atomic E-state index is 9.66. The van der Waals surface area contributed by atoms with Crippen LogP contribution in [0.15, 0.2) is 0 Å². The van der Waals surface area contributed by atoms with Crippen molar-refractivity contribution >= 4 is 0 Å². The van der Waals surface area contributed by atoms with Gasteiger partial charge >= 0.3 is 0 Å². The van der Waals surface area contributed by atoms with E-state index in [0.29, 0.717) is 13.1 Å². The molecular formula is C20H44N2O2. The van der Waals surface area contributed by atoms with Crippen LogP contribution in [0.2, 0.25) is 0 Å². The normalized spacial score (nSPS) is 14.5. The van der Waals surface area contributed by atoms with Gasteiger partial charge in [-0.25, -0.2) is 0 Å². The summed E-state index contributed by atoms with van der Waals surface area (Å²) in [7, 11) is 0. The minimum absolute atomic E-state index is 0.341. The molecule has 146 valence electrons. The third-order valence-electron chi connectivity index (χ3n) is 4.43. The van der Waals surface area contributed by atoms with Gasteiger partial charge in [0.15, 0.2) is 0 Å². The lowest BCUT2D eigenvalue weighted by Gasteiger charge is -2.29. The van der Waals surface area contributed by atoms with E-state index in [-0.39, 0.29) is 12.2 Å². The zero-order valence-corrected chi connectivity index (χ0v) is 16.8. The van der Waals surface area contributed by atoms with Crippen molar-refractivity contribution < 1.29 is 10.2 Å². The van der Waals surface area contributed by atoms with Crippen molar-refractivity contribution in [2.45, 2.75) is 91.3 Å². The van der Waals surface area contributed by atoms with E-state index in [4.69, 9.17) is 0 Å². The Morgan fingerprint density at radius 2 is 1.00 bits per heavy atom. The molecule has 0 aliphatic carbocycles. The number of aliphatic hydroxyl groups is 2. The molecule has 0 aromatic heterocycles. The van der Waals surface area contributed by atoms with Gasteiger partial charge in [0.1, 0.15) is 0 Å². The molecule has 0 rings (SSSR count). The maximum absolute atomic E-state index is 9.66. The highest BCUT2D eigenvalue weighted by Gasteiger charge is 2.13. The summed E-state index contributed by atoms with van der Waals surface area (Å²) in [6.07, 6.45) is 9.78. The van der Waals surface area contributed by atoms with Crippen molar-refractivity contribution in [1.82, 2.24) is 9.80 Å². The van der Waals surface area contributed by atoms with Gasteiger partial charge in [-0.05, 0) is 39.8 Å². The Hall–Kier alpha value is -0.160. The Morgan fingerprint density at radius 1 is 0.583 bits per heavy atom. The molecule has 0 aromatic rings. The van der Waals surface area contributed by atoms with Crippen LogP contribution in [-0.4, -0.2) is 71.5 Å². The zero-order chi connectivity index (χ0) is 18.2. The fraction of sp³-hybridized carbons (Fsp3) is 1.00. The molecule has 0 aliphatic heterocycles. The Balaban J connectivity index is 4.28. The molecular weight excluding hydrogens is 300 g/mol. The van der Waals surface area contributed by atoms with Crippen molar-refractivity contribution in [3.05, 3.63) is 0 Å². The smallest absolute Gasteiger partial charge is 0.0639 e. The van der Waals surface area contributed by atoms with Crippen LogP contribution >= 0.6 is 0 Å². The SMILES string of the molecule is CCCCCCN(CCCCCC)CCN(CC(C)O)CC(C)O. The van der Waals surface area contributed by atoms with E-state index < -0.39 is 0 Å². The molecule has 0 saturated carbocycles. The Labute approximate surface area is 151 Å². The van der Waals surface area contributed by atoms with Gasteiger partial charge in [-0.2, -0.15) is 0 Å². The molecule has 0 amide bonds. The van der Waals surface area contributed by atoms with E-state index in [1.807, 2.05) is 13.8 Å². The Kier molecular flexibility index (Phi) is 16.2. The average molecular weight is 345 g/mol. The lowest BCUT2D eigenvalue weighted by molar-refractivity contribution is 0.0757. The minimum atomic E-state index is -0.341. The first-order valence-corrected chi connectivity index (χ1v) is 10.3. The van der Waals surface area contributed by atoms with E-state index >= 15 is 0 Å². The number of unbranched alkanes of at least 4 members (excludes halogenated alkanes) is 6. The monoisotopic (exact) mass is 344 g/mol. The molecule has 0 saturated heterocycles. The molecule has 2 atom stereocenters. The van der Waals surface area contributed by atoms with E-state index in [0.717, 1.165) is 13.1 Å². The Morgan fingerprint density at radius 3 is 1.38 bits per heavy atom. The van der Waals surface area contributed by atoms with Crippen LogP contribution in [0.4, 0.5) is 0 Å². The first-order chi connectivity index (χ1) is 11.5. The van der Waals surface area contributed by atoms with Gasteiger partial charge in [0.05, 0.1) is 12.2 Å². The number of rotatable bonds is 17. The van der Waals surface area contributed by atoms with Crippen LogP contribution < -0.4 is 0 Å². The summed E-state index contributed by atoms with van der Waals surface area (Å²) in [5.74, 6) is 0. The second-order valence-corrected chi connectivity index (χ2v) is 7.42. The highest BCUT2D eigenvalue weighted by molar-refractivity contribution is 4.68. The van der Waals surface area contributed by atoms with Gasteiger partial charge in [0.25, 0.3) is 0 Å². The number of aliphatic hydroxyl groups excluding tert-OH is 2. The molecule has 0 heterocycles. The van der Waals surface area contributed by atoms with E-state index in [2.05, 4.69) is 23.6 Å². The van der Waals surface area contributed by atoms with E-state index in [1.54, 1.807) is 0 Å². The summed E-state index contributed by atoms with van der Waals surface area (Å²) in [5, 5.41) is 19.3. The highest BCUT2D eigenvalue weighted by Crippen LogP contribution is 2.06. The van der Waals surface area contributed by atoms with Gasteiger partial charge in [0, 0.05) is 26.2 Å². The fourth-order valence-electron chi connectivity index (χ4n) is 3.15. The van der Waals surface area contributed by atoms with Gasteiger partial charge in [-0.15, -0.1) is 0 Å². The third-order valence-corrected chi connectivity index (χ3v) is 4.43. The summed E-state index contributed by atoms with van der Waals surface area (Å²) in [6, 6.07) is 0. The van der Waals surface area contributed by atoms with Crippen molar-refractivity contribution in [2.75, 3.05) is 39.3 Å². The summed E-state index contributed by atoms with van der Waals surface area (Å²) >= 11 is 0. The van der Waals surface area contributed by atoms with E-state index in [9.17, 15) is 10.2 Å². The molecule has 0 radical (unpaired) electrons. The predicted molar refractivity (Wildman–Crippen MR) is 105 cm³/mol. The van der Waals surface area contributed by atoms with Crippen molar-refractivity contribution in [2.24, 2.45) is 0 Å². The largest absolute Gasteiger partial charge is 0.392 e. The zero-order valence-electron chi connectivity index (χ0n) is 16.8. The second kappa shape index (κ2) is 16.3. The standard InChI is InChI=1S/C20H44N2O2/c1-5-7-9-11-13-21(14-12-10-8-6-2)15-16-22(17-19(3)23)18-20(4)24/h19-20,23-24H,5-18H2,1-4H3. The van der Waals surface area contributed by atoms with Gasteiger partial charge in [0.2, 0.25) is 0 Å². The quantitative estimate of drug-likeness (QED) is 0.396. The maximum Gasteiger partial charge on any atom is 0.0639 e. The average Bonchev–Trinajstić information content (AvgIpc) is 2.51. The number of hydrogen-bond acceptors (Lipinski definition) is 4. The summed E-state index contributed by atoms with van der Waals surface area (Å²) < 4.78 is 0. The van der Waals surface area contributed by atoms with Crippen molar-refractivity contribution in [3.63, 3.8) is 0 Å². The Bertz CT molecular complexity index is 238. The van der Waals surface area contributed by atoms with Crippen LogP contribution in [0.5, 0.6) is 0 Å². The molecule has 0 fully saturated rings. The summed E-state index contributed by atoms with van der Waals surface area (Å²) in [4.78, 5) is 4.78. The highest BCUT2D eigenvalue weighted by atomic mass is 16.3. The molecule has 4 nitrogen and oxygen atoms in total. The molecule has 0 aliphatic rings. The van der Waals surface area contributed by atoms with Gasteiger partial charge in [-0.3, -0.25) is 4.90 Å². The molecule has 2 unspecified atom stereocenters. The van der Waals surface area contributed by atoms with Gasteiger partial charge in [-0.1, -0.05) is 52.4 Å². The molecule has 4 heteroatoms. The van der Waals surface area contributed by atoms with Crippen LogP contribution in [0, 0.1) is 0 Å². The minimum Gasteiger partial charge on any atom is -0.392 e. The second-order valence-electron chi connectivity index (χ2n) is 7.42. The summed E-state index contributed by atoms with van der Waals surface area (Å²) in [6.45, 7) is 13.8.